The highest BCUT2D eigenvalue weighted by Crippen LogP contribution is 2.43. The number of ether oxygens (including phenoxy) is 1. The van der Waals surface area contributed by atoms with Gasteiger partial charge in [-0.1, -0.05) is 0 Å². The lowest BCUT2D eigenvalue weighted by Gasteiger charge is -2.37. The number of nitrogens with two attached hydrogens (primary N) is 2. The smallest absolute Gasteiger partial charge is 0.350 e. The Balaban J connectivity index is 1.99. The Labute approximate surface area is 161 Å². The van der Waals surface area contributed by atoms with Gasteiger partial charge >= 0.3 is 5.69 Å². The van der Waals surface area contributed by atoms with Crippen molar-refractivity contribution in [3.05, 3.63) is 32.7 Å². The van der Waals surface area contributed by atoms with Gasteiger partial charge < -0.3 is 21.2 Å². The molecule has 4 rings (SSSR count). The van der Waals surface area contributed by atoms with Crippen molar-refractivity contribution in [2.24, 2.45) is 11.7 Å². The van der Waals surface area contributed by atoms with E-state index in [0.717, 1.165) is 25.7 Å². The summed E-state index contributed by atoms with van der Waals surface area (Å²) in [4.78, 5) is 27.2. The standard InChI is InChI=1S/C19H26FN5O3/c1-10(21)11-4-3-7-23(9-11)16-14(20)8-13-15(17(16)28-2)24(12-5-6-12)19(27)25(22)18(13)26/h8,10-12H,3-7,9,21-22H2,1-2H3. The lowest BCUT2D eigenvalue weighted by molar-refractivity contribution is 0.356. The average molecular weight is 391 g/mol. The second kappa shape index (κ2) is 6.80. The summed E-state index contributed by atoms with van der Waals surface area (Å²) in [6, 6.07) is 1.11. The van der Waals surface area contributed by atoms with Crippen LogP contribution in [0.4, 0.5) is 10.1 Å². The first-order chi connectivity index (χ1) is 13.3. The number of nitrogens with zero attached hydrogens (tertiary/aromatic N) is 3. The normalized spacial score (nSPS) is 21.1. The molecule has 8 nitrogen and oxygen atoms in total. The van der Waals surface area contributed by atoms with Gasteiger partial charge in [0.2, 0.25) is 0 Å². The summed E-state index contributed by atoms with van der Waals surface area (Å²) in [5, 5.41) is 0.0489. The molecule has 0 radical (unpaired) electrons. The van der Waals surface area contributed by atoms with Crippen molar-refractivity contribution in [1.29, 1.82) is 0 Å². The fourth-order valence-corrected chi connectivity index (χ4v) is 4.24. The molecule has 1 aromatic carbocycles. The van der Waals surface area contributed by atoms with Gasteiger partial charge in [-0.3, -0.25) is 9.36 Å². The van der Waals surface area contributed by atoms with Crippen LogP contribution < -0.4 is 32.5 Å². The van der Waals surface area contributed by atoms with Crippen LogP contribution in [0.15, 0.2) is 15.7 Å². The Morgan fingerprint density at radius 1 is 1.29 bits per heavy atom. The maximum atomic E-state index is 15.2. The maximum Gasteiger partial charge on any atom is 0.350 e. The SMILES string of the molecule is COc1c(N2CCCC(C(C)N)C2)c(F)cc2c(=O)n(N)c(=O)n(C3CC3)c12. The molecule has 0 bridgehead atoms. The number of hydrogen-bond acceptors (Lipinski definition) is 6. The zero-order chi connectivity index (χ0) is 20.2. The number of methoxy groups -OCH3 is 1. The van der Waals surface area contributed by atoms with Gasteiger partial charge in [-0.05, 0) is 44.6 Å². The third kappa shape index (κ3) is 2.85. The minimum absolute atomic E-state index is 0.00796. The van der Waals surface area contributed by atoms with E-state index >= 15 is 4.39 Å². The largest absolute Gasteiger partial charge is 0.492 e. The lowest BCUT2D eigenvalue weighted by atomic mass is 9.91. The lowest BCUT2D eigenvalue weighted by Crippen LogP contribution is -2.45. The molecule has 0 spiro atoms. The van der Waals surface area contributed by atoms with Crippen molar-refractivity contribution in [3.63, 3.8) is 0 Å². The number of halogens is 1. The molecule has 9 heteroatoms. The molecule has 0 amide bonds. The first kappa shape index (κ1) is 18.8. The van der Waals surface area contributed by atoms with Gasteiger partial charge in [0.15, 0.2) is 11.6 Å². The van der Waals surface area contributed by atoms with Crippen LogP contribution >= 0.6 is 0 Å². The topological polar surface area (TPSA) is 109 Å². The number of anilines is 1. The molecule has 1 saturated carbocycles. The summed E-state index contributed by atoms with van der Waals surface area (Å²) in [6.45, 7) is 3.21. The molecule has 28 heavy (non-hydrogen) atoms. The van der Waals surface area contributed by atoms with Gasteiger partial charge in [-0.2, -0.15) is 4.68 Å². The molecule has 1 aliphatic heterocycles. The predicted octanol–water partition coefficient (Wildman–Crippen LogP) is 0.923. The number of piperidine rings is 1. The van der Waals surface area contributed by atoms with E-state index in [4.69, 9.17) is 16.3 Å². The molecule has 1 saturated heterocycles. The Hall–Kier alpha value is -2.55. The first-order valence-corrected chi connectivity index (χ1v) is 9.68. The molecule has 2 unspecified atom stereocenters. The van der Waals surface area contributed by atoms with E-state index < -0.39 is 17.1 Å². The summed E-state index contributed by atoms with van der Waals surface area (Å²) in [5.41, 5.74) is 5.34. The van der Waals surface area contributed by atoms with Gasteiger partial charge in [0.25, 0.3) is 5.56 Å². The highest BCUT2D eigenvalue weighted by atomic mass is 19.1. The molecular formula is C19H26FN5O3. The predicted molar refractivity (Wildman–Crippen MR) is 106 cm³/mol. The van der Waals surface area contributed by atoms with E-state index in [1.165, 1.54) is 17.7 Å². The second-order valence-electron chi connectivity index (χ2n) is 7.90. The van der Waals surface area contributed by atoms with Crippen LogP contribution in [-0.2, 0) is 0 Å². The van der Waals surface area contributed by atoms with Crippen LogP contribution in [0.1, 0.15) is 38.6 Å². The Morgan fingerprint density at radius 2 is 2.00 bits per heavy atom. The van der Waals surface area contributed by atoms with Gasteiger partial charge in [-0.25, -0.2) is 9.18 Å². The maximum absolute atomic E-state index is 15.2. The van der Waals surface area contributed by atoms with Crippen LogP contribution in [0.5, 0.6) is 5.75 Å². The minimum atomic E-state index is -0.729. The monoisotopic (exact) mass is 391 g/mol. The Kier molecular flexibility index (Phi) is 4.57. The number of aromatic nitrogens is 2. The average Bonchev–Trinajstić information content (AvgIpc) is 3.51. The number of fused-ring (bicyclic) bond motifs is 1. The van der Waals surface area contributed by atoms with Crippen molar-refractivity contribution in [2.75, 3.05) is 30.9 Å². The zero-order valence-corrected chi connectivity index (χ0v) is 16.2. The van der Waals surface area contributed by atoms with Crippen molar-refractivity contribution in [3.8, 4) is 5.75 Å². The van der Waals surface area contributed by atoms with E-state index in [2.05, 4.69) is 0 Å². The highest BCUT2D eigenvalue weighted by molar-refractivity contribution is 5.91. The molecule has 2 aromatic rings. The number of hydrogen-bond donors (Lipinski definition) is 2. The molecule has 1 aliphatic carbocycles. The zero-order valence-electron chi connectivity index (χ0n) is 16.2. The van der Waals surface area contributed by atoms with Crippen LogP contribution in [0, 0.1) is 11.7 Å². The van der Waals surface area contributed by atoms with Crippen molar-refractivity contribution in [1.82, 2.24) is 9.24 Å². The molecule has 2 aliphatic rings. The molecule has 152 valence electrons. The van der Waals surface area contributed by atoms with Crippen molar-refractivity contribution in [2.45, 2.75) is 44.7 Å². The van der Waals surface area contributed by atoms with Crippen molar-refractivity contribution < 1.29 is 9.13 Å². The summed E-state index contributed by atoms with van der Waals surface area (Å²) < 4.78 is 22.8. The van der Waals surface area contributed by atoms with E-state index in [1.54, 1.807) is 0 Å². The Morgan fingerprint density at radius 3 is 2.61 bits per heavy atom. The summed E-state index contributed by atoms with van der Waals surface area (Å²) in [7, 11) is 1.43. The minimum Gasteiger partial charge on any atom is -0.492 e. The first-order valence-electron chi connectivity index (χ1n) is 9.68. The van der Waals surface area contributed by atoms with Gasteiger partial charge in [-0.15, -0.1) is 0 Å². The van der Waals surface area contributed by atoms with E-state index in [9.17, 15) is 9.59 Å². The molecule has 2 heterocycles. The van der Waals surface area contributed by atoms with Gasteiger partial charge in [0, 0.05) is 25.2 Å². The number of benzene rings is 1. The molecule has 4 N–H and O–H groups in total. The van der Waals surface area contributed by atoms with Crippen LogP contribution in [0.2, 0.25) is 0 Å². The second-order valence-corrected chi connectivity index (χ2v) is 7.90. The third-order valence-corrected chi connectivity index (χ3v) is 5.92. The molecule has 1 aromatic heterocycles. The fourth-order valence-electron chi connectivity index (χ4n) is 4.24. The molecular weight excluding hydrogens is 365 g/mol. The fraction of sp³-hybridized carbons (Fsp3) is 0.579. The molecule has 2 fully saturated rings. The van der Waals surface area contributed by atoms with Gasteiger partial charge in [0.05, 0.1) is 12.5 Å². The third-order valence-electron chi connectivity index (χ3n) is 5.92. The van der Waals surface area contributed by atoms with Crippen LogP contribution in [0.25, 0.3) is 10.9 Å². The van der Waals surface area contributed by atoms with E-state index in [1.807, 2.05) is 11.8 Å². The number of rotatable bonds is 4. The number of nitrogen functional groups attached to an aromatic ring is 1. The van der Waals surface area contributed by atoms with Crippen LogP contribution in [0.3, 0.4) is 0 Å². The summed E-state index contributed by atoms with van der Waals surface area (Å²) in [6.07, 6.45) is 3.47. The molecule has 2 atom stereocenters. The van der Waals surface area contributed by atoms with Crippen molar-refractivity contribution >= 4 is 16.6 Å². The quantitative estimate of drug-likeness (QED) is 0.751. The Bertz CT molecular complexity index is 1040. The summed E-state index contributed by atoms with van der Waals surface area (Å²) in [5.74, 6) is 5.55. The summed E-state index contributed by atoms with van der Waals surface area (Å²) >= 11 is 0. The van der Waals surface area contributed by atoms with E-state index in [0.29, 0.717) is 23.3 Å². The highest BCUT2D eigenvalue weighted by Gasteiger charge is 2.33. The van der Waals surface area contributed by atoms with E-state index in [-0.39, 0.29) is 34.8 Å². The van der Waals surface area contributed by atoms with Gasteiger partial charge in [0.1, 0.15) is 11.2 Å². The van der Waals surface area contributed by atoms with Crippen LogP contribution in [-0.4, -0.2) is 35.5 Å².